The first-order valence-electron chi connectivity index (χ1n) is 1.55. The third-order valence-corrected chi connectivity index (χ3v) is 0. The number of hydrogen-bond acceptors (Lipinski definition) is 6. The fourth-order valence-electron chi connectivity index (χ4n) is 0. The summed E-state index contributed by atoms with van der Waals surface area (Å²) in [7, 11) is 0. The van der Waals surface area contributed by atoms with Gasteiger partial charge in [0.2, 0.25) is 0 Å². The topological polar surface area (TPSA) is 143 Å². The van der Waals surface area contributed by atoms with Crippen LogP contribution in [-0.2, 0) is 0 Å². The molecule has 0 fully saturated rings. The van der Waals surface area contributed by atoms with Crippen molar-refractivity contribution in [1.82, 2.24) is 0 Å². The van der Waals surface area contributed by atoms with Crippen molar-refractivity contribution in [3.63, 3.8) is 0 Å². The molecule has 0 atom stereocenters. The van der Waals surface area contributed by atoms with Crippen molar-refractivity contribution >= 4 is 51.4 Å². The maximum atomic E-state index is 6.50. The molecule has 0 unspecified atom stereocenters. The molecule has 62 valence electrons. The normalized spacial score (nSPS) is 0.923. The Labute approximate surface area is 121 Å². The summed E-state index contributed by atoms with van der Waals surface area (Å²) in [6.45, 7) is 21.0. The first-order chi connectivity index (χ1) is 6.00. The van der Waals surface area contributed by atoms with Crippen molar-refractivity contribution in [2.45, 2.75) is 0 Å². The Bertz CT molecular complexity index is 92.1. The summed E-state index contributed by atoms with van der Waals surface area (Å²) in [5, 5.41) is 39.0. The van der Waals surface area contributed by atoms with Crippen LogP contribution in [0.25, 0.3) is 0 Å². The summed E-state index contributed by atoms with van der Waals surface area (Å²) < 4.78 is 0. The van der Waals surface area contributed by atoms with Crippen LogP contribution in [-0.4, -0.2) is 51.4 Å². The van der Waals surface area contributed by atoms with Gasteiger partial charge in [-0.1, -0.05) is 0 Å². The molecular weight excluding hydrogens is 195 g/mol. The van der Waals surface area contributed by atoms with Crippen molar-refractivity contribution in [2.75, 3.05) is 0 Å². The molecule has 0 saturated carbocycles. The van der Waals surface area contributed by atoms with Gasteiger partial charge < -0.3 is 0 Å². The molecule has 0 heterocycles. The second kappa shape index (κ2) is 479. The first-order valence-corrected chi connectivity index (χ1v) is 1.55. The molecule has 0 aliphatic heterocycles. The first kappa shape index (κ1) is 61.8. The molecule has 7 heteroatoms. The minimum absolute atomic E-state index is 0. The van der Waals surface area contributed by atoms with Crippen LogP contribution < -0.4 is 0 Å². The van der Waals surface area contributed by atoms with Gasteiger partial charge in [-0.2, -0.15) is 0 Å². The van der Waals surface area contributed by atoms with Crippen LogP contribution in [0.1, 0.15) is 0 Å². The van der Waals surface area contributed by atoms with Crippen LogP contribution in [0, 0.1) is 71.0 Å². The molecule has 0 N–H and O–H groups in total. The van der Waals surface area contributed by atoms with E-state index < -0.39 is 0 Å². The fourth-order valence-corrected chi connectivity index (χ4v) is 0. The van der Waals surface area contributed by atoms with E-state index in [0.29, 0.717) is 0 Å². The monoisotopic (exact) mass is 202 g/mol. The Morgan fingerprint density at radius 3 is 0.308 bits per heavy atom. The summed E-state index contributed by atoms with van der Waals surface area (Å²) in [6.07, 6.45) is 0. The fraction of sp³-hybridized carbons (Fsp3) is 0. The SMILES string of the molecule is C#N.C#N.C#N.C#N.C#N.C#N.[KH]. The van der Waals surface area contributed by atoms with E-state index in [1.165, 1.54) is 0 Å². The number of nitriles is 6. The average Bonchev–Trinajstić information content (AvgIpc) is 2.33. The van der Waals surface area contributed by atoms with Gasteiger partial charge in [0.1, 0.15) is 0 Å². The zero-order chi connectivity index (χ0) is 12.0. The van der Waals surface area contributed by atoms with Crippen LogP contribution in [0.4, 0.5) is 0 Å². The van der Waals surface area contributed by atoms with Gasteiger partial charge in [0.15, 0.2) is 0 Å². The Morgan fingerprint density at radius 1 is 0.308 bits per heavy atom. The molecule has 0 aromatic rings. The van der Waals surface area contributed by atoms with E-state index in [0.717, 1.165) is 0 Å². The Balaban J connectivity index is -0.00000000655. The summed E-state index contributed by atoms with van der Waals surface area (Å²) in [4.78, 5) is 0. The minimum atomic E-state index is 0. The summed E-state index contributed by atoms with van der Waals surface area (Å²) >= 11 is 0. The molecule has 0 radical (unpaired) electrons. The number of hydrogen-bond donors (Lipinski definition) is 0. The quantitative estimate of drug-likeness (QED) is 0.513. The maximum absolute atomic E-state index is 6.50. The summed E-state index contributed by atoms with van der Waals surface area (Å²) in [5.41, 5.74) is 0. The van der Waals surface area contributed by atoms with Crippen molar-refractivity contribution in [3.8, 4) is 39.4 Å². The molecule has 0 bridgehead atoms. The van der Waals surface area contributed by atoms with Gasteiger partial charge in [-0.05, 0) is 0 Å². The van der Waals surface area contributed by atoms with Gasteiger partial charge in [-0.3, -0.25) is 0 Å². The van der Waals surface area contributed by atoms with Gasteiger partial charge in [0.05, 0.1) is 0 Å². The van der Waals surface area contributed by atoms with Gasteiger partial charge in [0.25, 0.3) is 0 Å². The van der Waals surface area contributed by atoms with Crippen molar-refractivity contribution in [1.29, 1.82) is 31.6 Å². The molecule has 0 aromatic heterocycles. The molecule has 6 nitrogen and oxygen atoms in total. The summed E-state index contributed by atoms with van der Waals surface area (Å²) in [5.74, 6) is 0. The second-order valence-corrected chi connectivity index (χ2v) is 0. The van der Waals surface area contributed by atoms with Gasteiger partial charge in [-0.25, -0.2) is 31.6 Å². The van der Waals surface area contributed by atoms with Crippen molar-refractivity contribution in [2.24, 2.45) is 0 Å². The van der Waals surface area contributed by atoms with Crippen LogP contribution in [0.3, 0.4) is 0 Å². The van der Waals surface area contributed by atoms with E-state index in [4.69, 9.17) is 31.6 Å². The van der Waals surface area contributed by atoms with Crippen LogP contribution in [0.5, 0.6) is 0 Å². The molecule has 0 amide bonds. The Hall–Kier alpha value is -1.42. The van der Waals surface area contributed by atoms with Gasteiger partial charge in [0, 0.05) is 39.4 Å². The molecule has 0 saturated heterocycles. The summed E-state index contributed by atoms with van der Waals surface area (Å²) in [6, 6.07) is 0. The molecular formula is C6H7KN6. The standard InChI is InChI=1S/6CHN.K.H/c6*1-2;;/h6*1H;;. The molecule has 0 aromatic carbocycles. The zero-order valence-electron chi connectivity index (χ0n) is 6.15. The molecule has 0 rings (SSSR count). The second-order valence-electron chi connectivity index (χ2n) is 0. The van der Waals surface area contributed by atoms with E-state index in [2.05, 4.69) is 39.4 Å². The van der Waals surface area contributed by atoms with E-state index in [1.807, 2.05) is 0 Å². The molecule has 13 heavy (non-hydrogen) atoms. The third-order valence-electron chi connectivity index (χ3n) is 0. The van der Waals surface area contributed by atoms with E-state index >= 15 is 0 Å². The zero-order valence-corrected chi connectivity index (χ0v) is 6.15. The molecule has 0 aliphatic rings. The predicted octanol–water partition coefficient (Wildman–Crippen LogP) is 0.190. The van der Waals surface area contributed by atoms with E-state index in [1.54, 1.807) is 0 Å². The van der Waals surface area contributed by atoms with Crippen LogP contribution >= 0.6 is 0 Å². The number of nitrogens with zero attached hydrogens (tertiary/aromatic N) is 6. The van der Waals surface area contributed by atoms with Crippen molar-refractivity contribution in [3.05, 3.63) is 0 Å². The Kier molecular flexibility index (Phi) is 2280. The van der Waals surface area contributed by atoms with E-state index in [-0.39, 0.29) is 51.4 Å². The third kappa shape index (κ3) is 384. The average molecular weight is 202 g/mol. The molecule has 0 spiro atoms. The van der Waals surface area contributed by atoms with Gasteiger partial charge >= 0.3 is 51.4 Å². The molecule has 0 aliphatic carbocycles. The van der Waals surface area contributed by atoms with Crippen molar-refractivity contribution < 1.29 is 0 Å². The predicted molar refractivity (Wildman–Crippen MR) is 47.2 cm³/mol. The van der Waals surface area contributed by atoms with Crippen LogP contribution in [0.2, 0.25) is 0 Å². The number of rotatable bonds is 0. The van der Waals surface area contributed by atoms with E-state index in [9.17, 15) is 0 Å². The van der Waals surface area contributed by atoms with Gasteiger partial charge in [-0.15, -0.1) is 0 Å². The Morgan fingerprint density at radius 2 is 0.308 bits per heavy atom. The van der Waals surface area contributed by atoms with Crippen LogP contribution in [0.15, 0.2) is 0 Å².